The first-order valence-electron chi connectivity index (χ1n) is 4.43. The molecule has 0 saturated heterocycles. The highest BCUT2D eigenvalue weighted by Gasteiger charge is 2.49. The van der Waals surface area contributed by atoms with Crippen LogP contribution in [0.4, 0.5) is 0 Å². The van der Waals surface area contributed by atoms with E-state index in [-0.39, 0.29) is 5.41 Å². The predicted molar refractivity (Wildman–Crippen MR) is 47.9 cm³/mol. The van der Waals surface area contributed by atoms with E-state index in [0.29, 0.717) is 10.6 Å². The Bertz CT molecular complexity index is 186. The first-order chi connectivity index (χ1) is 5.26. The van der Waals surface area contributed by atoms with E-state index in [1.807, 2.05) is 0 Å². The molecule has 2 atom stereocenters. The molecular formula is C9H13BrO. The van der Waals surface area contributed by atoms with Crippen molar-refractivity contribution in [1.29, 1.82) is 0 Å². The van der Waals surface area contributed by atoms with Crippen molar-refractivity contribution in [2.45, 2.75) is 43.4 Å². The molecule has 2 aliphatic carbocycles. The molecular weight excluding hydrogens is 204 g/mol. The Hall–Kier alpha value is 0.150. The van der Waals surface area contributed by atoms with Crippen LogP contribution >= 0.6 is 15.9 Å². The van der Waals surface area contributed by atoms with Gasteiger partial charge in [-0.05, 0) is 25.7 Å². The summed E-state index contributed by atoms with van der Waals surface area (Å²) < 4.78 is 0. The number of halogens is 1. The summed E-state index contributed by atoms with van der Waals surface area (Å²) in [5, 5.41) is 0. The van der Waals surface area contributed by atoms with E-state index in [1.165, 1.54) is 12.8 Å². The van der Waals surface area contributed by atoms with Crippen molar-refractivity contribution >= 4 is 21.7 Å². The largest absolute Gasteiger partial charge is 0.299 e. The summed E-state index contributed by atoms with van der Waals surface area (Å²) in [6.07, 6.45) is 6.68. The fourth-order valence-corrected chi connectivity index (χ4v) is 3.62. The summed E-state index contributed by atoms with van der Waals surface area (Å²) in [5.74, 6) is 0.525. The Kier molecular flexibility index (Phi) is 1.82. The van der Waals surface area contributed by atoms with Gasteiger partial charge in [0.25, 0.3) is 0 Å². The van der Waals surface area contributed by atoms with E-state index < -0.39 is 0 Å². The third-order valence-electron chi connectivity index (χ3n) is 3.26. The Labute approximate surface area is 75.7 Å². The second-order valence-corrected chi connectivity index (χ2v) is 4.90. The molecule has 0 N–H and O–H groups in total. The molecule has 0 heterocycles. The normalized spacial score (nSPS) is 44.1. The van der Waals surface area contributed by atoms with Gasteiger partial charge in [-0.1, -0.05) is 22.4 Å². The maximum Gasteiger partial charge on any atom is 0.140 e. The Morgan fingerprint density at radius 3 is 2.55 bits per heavy atom. The van der Waals surface area contributed by atoms with Crippen molar-refractivity contribution in [3.8, 4) is 0 Å². The summed E-state index contributed by atoms with van der Waals surface area (Å²) in [6, 6.07) is 0. The van der Waals surface area contributed by atoms with Gasteiger partial charge in [-0.3, -0.25) is 4.79 Å². The molecule has 0 aliphatic heterocycles. The van der Waals surface area contributed by atoms with Crippen LogP contribution in [-0.4, -0.2) is 10.6 Å². The van der Waals surface area contributed by atoms with Gasteiger partial charge in [0.05, 0.1) is 0 Å². The van der Waals surface area contributed by atoms with E-state index in [2.05, 4.69) is 15.9 Å². The van der Waals surface area contributed by atoms with Crippen molar-refractivity contribution in [3.63, 3.8) is 0 Å². The third kappa shape index (κ3) is 0.986. The molecule has 2 aliphatic rings. The maximum absolute atomic E-state index is 11.6. The molecule has 2 unspecified atom stereocenters. The molecule has 62 valence electrons. The van der Waals surface area contributed by atoms with Crippen LogP contribution in [0.5, 0.6) is 0 Å². The van der Waals surface area contributed by atoms with E-state index in [0.717, 1.165) is 25.7 Å². The highest BCUT2D eigenvalue weighted by molar-refractivity contribution is 9.09. The highest BCUT2D eigenvalue weighted by atomic mass is 79.9. The molecule has 0 radical (unpaired) electrons. The zero-order valence-corrected chi connectivity index (χ0v) is 8.19. The summed E-state index contributed by atoms with van der Waals surface area (Å²) in [7, 11) is 0. The van der Waals surface area contributed by atoms with Crippen LogP contribution in [0.3, 0.4) is 0 Å². The van der Waals surface area contributed by atoms with Crippen LogP contribution < -0.4 is 0 Å². The number of rotatable bonds is 0. The molecule has 2 heteroatoms. The van der Waals surface area contributed by atoms with Crippen molar-refractivity contribution in [2.75, 3.05) is 0 Å². The number of alkyl halides is 1. The minimum atomic E-state index is 0.0833. The number of carbonyl (C=O) groups is 1. The number of hydrogen-bond acceptors (Lipinski definition) is 1. The van der Waals surface area contributed by atoms with Gasteiger partial charge in [0.2, 0.25) is 0 Å². The number of hydrogen-bond donors (Lipinski definition) is 0. The smallest absolute Gasteiger partial charge is 0.140 e. The van der Waals surface area contributed by atoms with Crippen LogP contribution in [0, 0.1) is 5.41 Å². The van der Waals surface area contributed by atoms with Gasteiger partial charge in [0, 0.05) is 16.7 Å². The third-order valence-corrected chi connectivity index (χ3v) is 4.60. The zero-order chi connectivity index (χ0) is 7.90. The van der Waals surface area contributed by atoms with Crippen LogP contribution in [0.2, 0.25) is 0 Å². The van der Waals surface area contributed by atoms with Gasteiger partial charge >= 0.3 is 0 Å². The lowest BCUT2D eigenvalue weighted by atomic mass is 9.84. The zero-order valence-electron chi connectivity index (χ0n) is 6.61. The number of ketones is 1. The van der Waals surface area contributed by atoms with Crippen LogP contribution in [0.25, 0.3) is 0 Å². The second kappa shape index (κ2) is 2.58. The SMILES string of the molecule is O=C1CCCC12CCCC2Br. The lowest BCUT2D eigenvalue weighted by Crippen LogP contribution is -2.30. The summed E-state index contributed by atoms with van der Waals surface area (Å²) in [6.45, 7) is 0. The highest BCUT2D eigenvalue weighted by Crippen LogP contribution is 2.51. The van der Waals surface area contributed by atoms with E-state index in [1.54, 1.807) is 0 Å². The molecule has 0 aromatic rings. The molecule has 0 aromatic carbocycles. The number of Topliss-reactive ketones (excluding diaryl/α,β-unsaturated/α-hetero) is 1. The van der Waals surface area contributed by atoms with Gasteiger partial charge in [-0.15, -0.1) is 0 Å². The molecule has 1 spiro atoms. The molecule has 2 saturated carbocycles. The summed E-state index contributed by atoms with van der Waals surface area (Å²) >= 11 is 3.64. The average Bonchev–Trinajstić information content (AvgIpc) is 2.48. The van der Waals surface area contributed by atoms with E-state index in [4.69, 9.17) is 0 Å². The maximum atomic E-state index is 11.6. The van der Waals surface area contributed by atoms with Crippen molar-refractivity contribution in [3.05, 3.63) is 0 Å². The van der Waals surface area contributed by atoms with Gasteiger partial charge in [-0.2, -0.15) is 0 Å². The second-order valence-electron chi connectivity index (χ2n) is 3.79. The van der Waals surface area contributed by atoms with E-state index in [9.17, 15) is 4.79 Å². The predicted octanol–water partition coefficient (Wildman–Crippen LogP) is 2.67. The molecule has 0 aromatic heterocycles. The first-order valence-corrected chi connectivity index (χ1v) is 5.35. The van der Waals surface area contributed by atoms with Crippen molar-refractivity contribution in [1.82, 2.24) is 0 Å². The monoisotopic (exact) mass is 216 g/mol. The lowest BCUT2D eigenvalue weighted by Gasteiger charge is -2.24. The summed E-state index contributed by atoms with van der Waals surface area (Å²) in [4.78, 5) is 12.1. The Morgan fingerprint density at radius 1 is 1.36 bits per heavy atom. The molecule has 11 heavy (non-hydrogen) atoms. The first kappa shape index (κ1) is 7.78. The van der Waals surface area contributed by atoms with Gasteiger partial charge in [-0.25, -0.2) is 0 Å². The topological polar surface area (TPSA) is 17.1 Å². The Balaban J connectivity index is 2.25. The van der Waals surface area contributed by atoms with Gasteiger partial charge < -0.3 is 0 Å². The van der Waals surface area contributed by atoms with Crippen LogP contribution in [0.1, 0.15) is 38.5 Å². The van der Waals surface area contributed by atoms with Gasteiger partial charge in [0.1, 0.15) is 5.78 Å². The fraction of sp³-hybridized carbons (Fsp3) is 0.889. The van der Waals surface area contributed by atoms with Crippen molar-refractivity contribution < 1.29 is 4.79 Å². The lowest BCUT2D eigenvalue weighted by molar-refractivity contribution is -0.125. The van der Waals surface area contributed by atoms with Crippen molar-refractivity contribution in [2.24, 2.45) is 5.41 Å². The quantitative estimate of drug-likeness (QED) is 0.570. The number of carbonyl (C=O) groups excluding carboxylic acids is 1. The molecule has 0 amide bonds. The minimum Gasteiger partial charge on any atom is -0.299 e. The molecule has 2 fully saturated rings. The Morgan fingerprint density at radius 2 is 2.09 bits per heavy atom. The van der Waals surface area contributed by atoms with Crippen LogP contribution in [0.15, 0.2) is 0 Å². The molecule has 0 bridgehead atoms. The summed E-state index contributed by atoms with van der Waals surface area (Å²) in [5.41, 5.74) is 0.0833. The minimum absolute atomic E-state index is 0.0833. The van der Waals surface area contributed by atoms with E-state index >= 15 is 0 Å². The van der Waals surface area contributed by atoms with Crippen LogP contribution in [-0.2, 0) is 4.79 Å². The average molecular weight is 217 g/mol. The standard InChI is InChI=1S/C9H13BrO/c10-7-3-1-5-9(7)6-2-4-8(9)11/h7H,1-6H2. The van der Waals surface area contributed by atoms with Gasteiger partial charge in [0.15, 0.2) is 0 Å². The fourth-order valence-electron chi connectivity index (χ4n) is 2.58. The molecule has 2 rings (SSSR count). The molecule has 1 nitrogen and oxygen atoms in total.